The van der Waals surface area contributed by atoms with Crippen LogP contribution in [-0.2, 0) is 4.79 Å². The molecule has 0 saturated carbocycles. The molecule has 0 fully saturated rings. The average molecular weight is 327 g/mol. The van der Waals surface area contributed by atoms with Gasteiger partial charge < -0.3 is 10.6 Å². The van der Waals surface area contributed by atoms with Gasteiger partial charge in [0.05, 0.1) is 11.7 Å². The Labute approximate surface area is 138 Å². The van der Waals surface area contributed by atoms with E-state index in [4.69, 9.17) is 5.26 Å². The van der Waals surface area contributed by atoms with Crippen molar-refractivity contribution in [2.24, 2.45) is 0 Å². The van der Waals surface area contributed by atoms with E-state index >= 15 is 0 Å². The van der Waals surface area contributed by atoms with E-state index in [9.17, 15) is 13.6 Å². The highest BCUT2D eigenvalue weighted by atomic mass is 19.1. The number of hydrogen-bond acceptors (Lipinski definition) is 3. The lowest BCUT2D eigenvalue weighted by molar-refractivity contribution is -0.117. The van der Waals surface area contributed by atoms with E-state index in [2.05, 4.69) is 10.6 Å². The zero-order valence-electron chi connectivity index (χ0n) is 12.9. The lowest BCUT2D eigenvalue weighted by atomic mass is 10.1. The SMILES string of the molecule is CC(NC(=O)/C(C#N)=C\Nc1ccc(F)cc1F)c1ccccc1. The molecule has 6 heteroatoms. The molecule has 1 unspecified atom stereocenters. The molecular formula is C18H15F2N3O. The van der Waals surface area contributed by atoms with Crippen molar-refractivity contribution in [1.82, 2.24) is 5.32 Å². The Morgan fingerprint density at radius 2 is 1.92 bits per heavy atom. The molecule has 2 N–H and O–H groups in total. The summed E-state index contributed by atoms with van der Waals surface area (Å²) in [4.78, 5) is 12.1. The Kier molecular flexibility index (Phi) is 5.63. The summed E-state index contributed by atoms with van der Waals surface area (Å²) in [5.41, 5.74) is 0.634. The van der Waals surface area contributed by atoms with Crippen LogP contribution in [-0.4, -0.2) is 5.91 Å². The number of amides is 1. The van der Waals surface area contributed by atoms with Crippen molar-refractivity contribution in [3.8, 4) is 6.07 Å². The Balaban J connectivity index is 2.07. The van der Waals surface area contributed by atoms with E-state index in [-0.39, 0.29) is 17.3 Å². The van der Waals surface area contributed by atoms with E-state index in [1.54, 1.807) is 13.0 Å². The predicted molar refractivity (Wildman–Crippen MR) is 86.7 cm³/mol. The molecule has 0 aliphatic heterocycles. The van der Waals surface area contributed by atoms with Crippen LogP contribution >= 0.6 is 0 Å². The van der Waals surface area contributed by atoms with E-state index in [0.717, 1.165) is 17.8 Å². The molecule has 2 aromatic rings. The molecule has 0 radical (unpaired) electrons. The smallest absolute Gasteiger partial charge is 0.263 e. The second-order valence-electron chi connectivity index (χ2n) is 5.04. The highest BCUT2D eigenvalue weighted by Crippen LogP contribution is 2.16. The van der Waals surface area contributed by atoms with Crippen LogP contribution in [0.2, 0.25) is 0 Å². The van der Waals surface area contributed by atoms with Gasteiger partial charge in [0.1, 0.15) is 23.3 Å². The van der Waals surface area contributed by atoms with Crippen molar-refractivity contribution in [2.45, 2.75) is 13.0 Å². The number of benzene rings is 2. The maximum atomic E-state index is 13.5. The van der Waals surface area contributed by atoms with Gasteiger partial charge in [-0.15, -0.1) is 0 Å². The molecule has 1 atom stereocenters. The van der Waals surface area contributed by atoms with Gasteiger partial charge in [0.25, 0.3) is 5.91 Å². The van der Waals surface area contributed by atoms with E-state index < -0.39 is 17.5 Å². The summed E-state index contributed by atoms with van der Waals surface area (Å²) in [5.74, 6) is -2.12. The minimum absolute atomic E-state index is 0.0342. The van der Waals surface area contributed by atoms with Gasteiger partial charge in [-0.3, -0.25) is 4.79 Å². The topological polar surface area (TPSA) is 64.9 Å². The molecule has 0 aliphatic carbocycles. The summed E-state index contributed by atoms with van der Waals surface area (Å²) < 4.78 is 26.4. The van der Waals surface area contributed by atoms with Crippen molar-refractivity contribution >= 4 is 11.6 Å². The van der Waals surface area contributed by atoms with Crippen LogP contribution in [0.25, 0.3) is 0 Å². The Hall–Kier alpha value is -3.20. The Bertz CT molecular complexity index is 798. The van der Waals surface area contributed by atoms with Gasteiger partial charge in [0, 0.05) is 12.3 Å². The van der Waals surface area contributed by atoms with E-state index in [1.807, 2.05) is 30.3 Å². The standard InChI is InChI=1S/C18H15F2N3O/c1-12(13-5-3-2-4-6-13)23-18(24)14(10-21)11-22-17-8-7-15(19)9-16(17)20/h2-9,11-12,22H,1H3,(H,23,24)/b14-11-. The molecule has 0 bridgehead atoms. The van der Waals surface area contributed by atoms with Crippen LogP contribution in [0.15, 0.2) is 60.3 Å². The fourth-order valence-electron chi connectivity index (χ4n) is 2.00. The number of nitrogens with one attached hydrogen (secondary N) is 2. The number of anilines is 1. The van der Waals surface area contributed by atoms with Gasteiger partial charge in [-0.2, -0.15) is 5.26 Å². The normalized spacial score (nSPS) is 12.2. The number of rotatable bonds is 5. The summed E-state index contributed by atoms with van der Waals surface area (Å²) >= 11 is 0. The molecular weight excluding hydrogens is 312 g/mol. The second-order valence-corrected chi connectivity index (χ2v) is 5.04. The van der Waals surface area contributed by atoms with Crippen molar-refractivity contribution in [1.29, 1.82) is 5.26 Å². The Morgan fingerprint density at radius 1 is 1.21 bits per heavy atom. The zero-order valence-corrected chi connectivity index (χ0v) is 12.9. The molecule has 2 rings (SSSR count). The molecule has 0 spiro atoms. The minimum Gasteiger partial charge on any atom is -0.358 e. The number of carbonyl (C=O) groups is 1. The van der Waals surface area contributed by atoms with Gasteiger partial charge in [-0.1, -0.05) is 30.3 Å². The van der Waals surface area contributed by atoms with Crippen LogP contribution in [0.5, 0.6) is 0 Å². The van der Waals surface area contributed by atoms with E-state index in [0.29, 0.717) is 6.07 Å². The van der Waals surface area contributed by atoms with Gasteiger partial charge >= 0.3 is 0 Å². The minimum atomic E-state index is -0.818. The summed E-state index contributed by atoms with van der Waals surface area (Å²) in [7, 11) is 0. The van der Waals surface area contributed by atoms with Crippen molar-refractivity contribution in [3.05, 3.63) is 77.5 Å². The highest BCUT2D eigenvalue weighted by Gasteiger charge is 2.13. The van der Waals surface area contributed by atoms with Crippen LogP contribution in [0.4, 0.5) is 14.5 Å². The van der Waals surface area contributed by atoms with Crippen LogP contribution in [0.1, 0.15) is 18.5 Å². The number of halogens is 2. The first-order valence-corrected chi connectivity index (χ1v) is 7.19. The summed E-state index contributed by atoms with van der Waals surface area (Å²) in [6.07, 6.45) is 1.09. The van der Waals surface area contributed by atoms with E-state index in [1.165, 1.54) is 6.07 Å². The highest BCUT2D eigenvalue weighted by molar-refractivity contribution is 5.97. The third-order valence-electron chi connectivity index (χ3n) is 3.32. The maximum Gasteiger partial charge on any atom is 0.263 e. The summed E-state index contributed by atoms with van der Waals surface area (Å²) in [6.45, 7) is 1.79. The first-order valence-electron chi connectivity index (χ1n) is 7.19. The fourth-order valence-corrected chi connectivity index (χ4v) is 2.00. The zero-order chi connectivity index (χ0) is 17.5. The third kappa shape index (κ3) is 4.40. The van der Waals surface area contributed by atoms with Crippen LogP contribution < -0.4 is 10.6 Å². The summed E-state index contributed by atoms with van der Waals surface area (Å²) in [5, 5.41) is 14.3. The van der Waals surface area contributed by atoms with Crippen LogP contribution in [0.3, 0.4) is 0 Å². The monoisotopic (exact) mass is 327 g/mol. The molecule has 4 nitrogen and oxygen atoms in total. The van der Waals surface area contributed by atoms with Crippen molar-refractivity contribution in [3.63, 3.8) is 0 Å². The largest absolute Gasteiger partial charge is 0.358 e. The maximum absolute atomic E-state index is 13.5. The fraction of sp³-hybridized carbons (Fsp3) is 0.111. The lowest BCUT2D eigenvalue weighted by Crippen LogP contribution is -2.28. The van der Waals surface area contributed by atoms with Gasteiger partial charge in [0.15, 0.2) is 0 Å². The quantitative estimate of drug-likeness (QED) is 0.650. The first kappa shape index (κ1) is 17.2. The number of nitriles is 1. The number of carbonyl (C=O) groups excluding carboxylic acids is 1. The predicted octanol–water partition coefficient (Wildman–Crippen LogP) is 3.66. The third-order valence-corrected chi connectivity index (χ3v) is 3.32. The molecule has 122 valence electrons. The molecule has 0 heterocycles. The molecule has 24 heavy (non-hydrogen) atoms. The molecule has 0 aromatic heterocycles. The average Bonchev–Trinajstić information content (AvgIpc) is 2.57. The van der Waals surface area contributed by atoms with Gasteiger partial charge in [-0.25, -0.2) is 8.78 Å². The number of nitrogens with zero attached hydrogens (tertiary/aromatic N) is 1. The molecule has 0 saturated heterocycles. The van der Waals surface area contributed by atoms with Crippen molar-refractivity contribution < 1.29 is 13.6 Å². The Morgan fingerprint density at radius 3 is 2.54 bits per heavy atom. The first-order chi connectivity index (χ1) is 11.5. The molecule has 0 aliphatic rings. The van der Waals surface area contributed by atoms with Gasteiger partial charge in [0.2, 0.25) is 0 Å². The van der Waals surface area contributed by atoms with Gasteiger partial charge in [-0.05, 0) is 24.6 Å². The van der Waals surface area contributed by atoms with Crippen molar-refractivity contribution in [2.75, 3.05) is 5.32 Å². The molecule has 1 amide bonds. The van der Waals surface area contributed by atoms with Crippen LogP contribution in [0, 0.1) is 23.0 Å². The second kappa shape index (κ2) is 7.88. The lowest BCUT2D eigenvalue weighted by Gasteiger charge is -2.13. The number of hydrogen-bond donors (Lipinski definition) is 2. The molecule has 2 aromatic carbocycles. The summed E-state index contributed by atoms with van der Waals surface area (Å²) in [6, 6.07) is 13.7.